The molecule has 10 heteroatoms. The van der Waals surface area contributed by atoms with Crippen molar-refractivity contribution in [1.29, 1.82) is 0 Å². The fourth-order valence-electron chi connectivity index (χ4n) is 3.95. The van der Waals surface area contributed by atoms with Crippen LogP contribution in [0.3, 0.4) is 0 Å². The van der Waals surface area contributed by atoms with Crippen molar-refractivity contribution >= 4 is 28.5 Å². The molecule has 2 N–H and O–H groups in total. The number of aliphatic carboxylic acids is 1. The van der Waals surface area contributed by atoms with Crippen LogP contribution < -0.4 is 20.4 Å². The van der Waals surface area contributed by atoms with E-state index in [0.29, 0.717) is 30.0 Å². The van der Waals surface area contributed by atoms with Gasteiger partial charge in [0, 0.05) is 32.4 Å². The predicted octanol–water partition coefficient (Wildman–Crippen LogP) is 0.660. The molecular formula is C20H23FN4O5. The van der Waals surface area contributed by atoms with Gasteiger partial charge in [-0.2, -0.15) is 0 Å². The zero-order valence-electron chi connectivity index (χ0n) is 16.8. The van der Waals surface area contributed by atoms with Gasteiger partial charge in [0.25, 0.3) is 5.91 Å². The first-order valence-electron chi connectivity index (χ1n) is 9.75. The Morgan fingerprint density at radius 2 is 2.00 bits per heavy atom. The van der Waals surface area contributed by atoms with Gasteiger partial charge in [-0.1, -0.05) is 0 Å². The van der Waals surface area contributed by atoms with E-state index in [1.807, 2.05) is 18.9 Å². The zero-order valence-corrected chi connectivity index (χ0v) is 16.8. The van der Waals surface area contributed by atoms with E-state index < -0.39 is 29.7 Å². The summed E-state index contributed by atoms with van der Waals surface area (Å²) < 4.78 is 22.8. The van der Waals surface area contributed by atoms with Crippen LogP contribution in [0.4, 0.5) is 10.1 Å². The number of piperazine rings is 1. The monoisotopic (exact) mass is 418 g/mol. The molecule has 2 aliphatic heterocycles. The highest BCUT2D eigenvalue weighted by molar-refractivity contribution is 6.00. The van der Waals surface area contributed by atoms with Gasteiger partial charge in [0.05, 0.1) is 16.9 Å². The Morgan fingerprint density at radius 3 is 2.67 bits per heavy atom. The minimum Gasteiger partial charge on any atom is -0.487 e. The van der Waals surface area contributed by atoms with Crippen LogP contribution in [0.25, 0.3) is 10.9 Å². The average Bonchev–Trinajstić information content (AvgIpc) is 2.71. The summed E-state index contributed by atoms with van der Waals surface area (Å²) in [7, 11) is 2.00. The van der Waals surface area contributed by atoms with Gasteiger partial charge in [0.15, 0.2) is 11.6 Å². The van der Waals surface area contributed by atoms with Gasteiger partial charge >= 0.3 is 5.97 Å². The number of likely N-dealkylation sites (N-methyl/N-ethyl adjacent to an activating group) is 1. The van der Waals surface area contributed by atoms with Crippen LogP contribution in [-0.2, 0) is 4.79 Å². The van der Waals surface area contributed by atoms with Gasteiger partial charge < -0.3 is 29.5 Å². The molecule has 1 aromatic heterocycles. The summed E-state index contributed by atoms with van der Waals surface area (Å²) in [6.07, 6.45) is 1.41. The lowest BCUT2D eigenvalue weighted by molar-refractivity contribution is -0.135. The molecule has 0 aliphatic carbocycles. The molecular weight excluding hydrogens is 395 g/mol. The highest BCUT2D eigenvalue weighted by Gasteiger charge is 2.31. The molecule has 9 nitrogen and oxygen atoms in total. The SMILES string of the molecule is CC1COc2c(N3CCN(C)CC3)c(F)cc3c(=O)c(C(=O)NCC(=O)O)cn1c23. The quantitative estimate of drug-likeness (QED) is 0.752. The number of hydrogen-bond acceptors (Lipinski definition) is 6. The van der Waals surface area contributed by atoms with Crippen molar-refractivity contribution in [1.82, 2.24) is 14.8 Å². The number of aromatic nitrogens is 1. The lowest BCUT2D eigenvalue weighted by atomic mass is 10.0. The van der Waals surface area contributed by atoms with Crippen molar-refractivity contribution < 1.29 is 23.8 Å². The summed E-state index contributed by atoms with van der Waals surface area (Å²) in [5, 5.41) is 11.0. The van der Waals surface area contributed by atoms with Gasteiger partial charge in [-0.15, -0.1) is 0 Å². The largest absolute Gasteiger partial charge is 0.487 e. The Kier molecular flexibility index (Phi) is 5.10. The number of carboxylic acids is 1. The Labute approximate surface area is 171 Å². The second-order valence-corrected chi connectivity index (χ2v) is 7.74. The van der Waals surface area contributed by atoms with E-state index >= 15 is 4.39 Å². The van der Waals surface area contributed by atoms with E-state index in [2.05, 4.69) is 10.2 Å². The first-order valence-corrected chi connectivity index (χ1v) is 9.75. The number of anilines is 1. The van der Waals surface area contributed by atoms with E-state index in [1.54, 1.807) is 4.57 Å². The van der Waals surface area contributed by atoms with E-state index in [9.17, 15) is 14.4 Å². The minimum atomic E-state index is -1.22. The van der Waals surface area contributed by atoms with Crippen molar-refractivity contribution in [2.24, 2.45) is 0 Å². The molecule has 1 atom stereocenters. The lowest BCUT2D eigenvalue weighted by Gasteiger charge is -2.37. The number of pyridine rings is 1. The molecule has 2 aliphatic rings. The van der Waals surface area contributed by atoms with Gasteiger partial charge in [0.2, 0.25) is 5.43 Å². The molecule has 3 heterocycles. The van der Waals surface area contributed by atoms with Crippen molar-refractivity contribution in [3.05, 3.63) is 33.9 Å². The highest BCUT2D eigenvalue weighted by atomic mass is 19.1. The number of nitrogens with one attached hydrogen (secondary N) is 1. The highest BCUT2D eigenvalue weighted by Crippen LogP contribution is 2.42. The number of carbonyl (C=O) groups excluding carboxylic acids is 1. The normalized spacial score (nSPS) is 18.9. The topological polar surface area (TPSA) is 104 Å². The molecule has 1 saturated heterocycles. The van der Waals surface area contributed by atoms with Crippen LogP contribution in [-0.4, -0.2) is 72.8 Å². The third kappa shape index (κ3) is 3.36. The van der Waals surface area contributed by atoms with Gasteiger partial charge in [-0.25, -0.2) is 4.39 Å². The molecule has 1 unspecified atom stereocenters. The third-order valence-electron chi connectivity index (χ3n) is 5.61. The Hall–Kier alpha value is -3.14. The van der Waals surface area contributed by atoms with Crippen LogP contribution in [0, 0.1) is 5.82 Å². The first-order chi connectivity index (χ1) is 14.3. The average molecular weight is 418 g/mol. The van der Waals surface area contributed by atoms with Gasteiger partial charge in [-0.05, 0) is 20.0 Å². The van der Waals surface area contributed by atoms with E-state index in [-0.39, 0.29) is 23.6 Å². The molecule has 4 rings (SSSR count). The summed E-state index contributed by atoms with van der Waals surface area (Å²) in [5.41, 5.74) is -0.107. The Morgan fingerprint density at radius 1 is 1.30 bits per heavy atom. The number of rotatable bonds is 4. The number of carbonyl (C=O) groups is 2. The summed E-state index contributed by atoms with van der Waals surface area (Å²) in [5.74, 6) is -2.31. The van der Waals surface area contributed by atoms with E-state index in [4.69, 9.17) is 9.84 Å². The molecule has 1 aromatic carbocycles. The minimum absolute atomic E-state index is 0.0369. The molecule has 0 bridgehead atoms. The zero-order chi connectivity index (χ0) is 21.6. The van der Waals surface area contributed by atoms with Crippen LogP contribution in [0.1, 0.15) is 23.3 Å². The van der Waals surface area contributed by atoms with Gasteiger partial charge in [-0.3, -0.25) is 14.4 Å². The Bertz CT molecular complexity index is 1090. The van der Waals surface area contributed by atoms with E-state index in [1.165, 1.54) is 6.20 Å². The van der Waals surface area contributed by atoms with Crippen molar-refractivity contribution in [2.75, 3.05) is 51.3 Å². The summed E-state index contributed by atoms with van der Waals surface area (Å²) in [6, 6.07) is 0.957. The van der Waals surface area contributed by atoms with Crippen molar-refractivity contribution in [3.63, 3.8) is 0 Å². The predicted molar refractivity (Wildman–Crippen MR) is 108 cm³/mol. The van der Waals surface area contributed by atoms with Crippen LogP contribution in [0.5, 0.6) is 5.75 Å². The second kappa shape index (κ2) is 7.60. The van der Waals surface area contributed by atoms with Crippen LogP contribution in [0.15, 0.2) is 17.1 Å². The summed E-state index contributed by atoms with van der Waals surface area (Å²) in [6.45, 7) is 4.33. The fraction of sp³-hybridized carbons (Fsp3) is 0.450. The fourth-order valence-corrected chi connectivity index (χ4v) is 3.95. The molecule has 30 heavy (non-hydrogen) atoms. The maximum Gasteiger partial charge on any atom is 0.322 e. The lowest BCUT2D eigenvalue weighted by Crippen LogP contribution is -2.45. The number of halogens is 1. The molecule has 1 fully saturated rings. The maximum absolute atomic E-state index is 15.2. The molecule has 0 radical (unpaired) electrons. The standard InChI is InChI=1S/C20H23FN4O5/c1-11-10-30-19-16-12(7-14(21)17(19)24-5-3-23(2)4-6-24)18(28)13(9-25(11)16)20(29)22-8-15(26)27/h7,9,11H,3-6,8,10H2,1-2H3,(H,22,29)(H,26,27). The van der Waals surface area contributed by atoms with Crippen molar-refractivity contribution in [2.45, 2.75) is 13.0 Å². The molecule has 0 spiro atoms. The number of nitrogens with zero attached hydrogens (tertiary/aromatic N) is 3. The number of carboxylic acid groups (broad SMARTS) is 1. The number of amides is 1. The molecule has 0 saturated carbocycles. The first kappa shape index (κ1) is 20.1. The second-order valence-electron chi connectivity index (χ2n) is 7.74. The summed E-state index contributed by atoms with van der Waals surface area (Å²) >= 11 is 0. The number of ether oxygens (including phenoxy) is 1. The van der Waals surface area contributed by atoms with E-state index in [0.717, 1.165) is 19.2 Å². The third-order valence-corrected chi connectivity index (χ3v) is 5.61. The van der Waals surface area contributed by atoms with Gasteiger partial charge in [0.1, 0.15) is 24.4 Å². The van der Waals surface area contributed by atoms with Crippen LogP contribution in [0.2, 0.25) is 0 Å². The Balaban J connectivity index is 1.88. The summed E-state index contributed by atoms with van der Waals surface area (Å²) in [4.78, 5) is 40.2. The number of benzene rings is 1. The molecule has 160 valence electrons. The smallest absolute Gasteiger partial charge is 0.322 e. The maximum atomic E-state index is 15.2. The molecule has 2 aromatic rings. The molecule has 1 amide bonds. The van der Waals surface area contributed by atoms with Crippen LogP contribution >= 0.6 is 0 Å². The van der Waals surface area contributed by atoms with Crippen molar-refractivity contribution in [3.8, 4) is 5.75 Å². The number of hydrogen-bond donors (Lipinski definition) is 2.